The van der Waals surface area contributed by atoms with Crippen LogP contribution in [0, 0.1) is 12.3 Å². The Morgan fingerprint density at radius 1 is 1.03 bits per heavy atom. The highest BCUT2D eigenvalue weighted by atomic mass is 32.2. The summed E-state index contributed by atoms with van der Waals surface area (Å²) in [5, 5.41) is 7.45. The summed E-state index contributed by atoms with van der Waals surface area (Å²) in [7, 11) is -3.81. The largest absolute Gasteiger partial charge is 0.346 e. The van der Waals surface area contributed by atoms with E-state index >= 15 is 0 Å². The molecule has 4 rings (SSSR count). The topological polar surface area (TPSA) is 102 Å². The highest BCUT2D eigenvalue weighted by molar-refractivity contribution is 7.86. The van der Waals surface area contributed by atoms with Crippen LogP contribution < -0.4 is 10.6 Å². The third-order valence-electron chi connectivity index (χ3n) is 7.55. The monoisotopic (exact) mass is 539 g/mol. The summed E-state index contributed by atoms with van der Waals surface area (Å²) >= 11 is 0. The Hall–Kier alpha value is -2.97. The first-order chi connectivity index (χ1) is 18.3. The predicted molar refractivity (Wildman–Crippen MR) is 148 cm³/mol. The molecule has 9 nitrogen and oxygen atoms in total. The zero-order chi connectivity index (χ0) is 27.1. The Kier molecular flexibility index (Phi) is 9.39. The van der Waals surface area contributed by atoms with Gasteiger partial charge >= 0.3 is 0 Å². The minimum absolute atomic E-state index is 0.0694. The molecule has 2 N–H and O–H groups in total. The van der Waals surface area contributed by atoms with Gasteiger partial charge in [-0.3, -0.25) is 14.5 Å². The lowest BCUT2D eigenvalue weighted by Gasteiger charge is -2.41. The van der Waals surface area contributed by atoms with Gasteiger partial charge in [-0.05, 0) is 48.9 Å². The molecule has 2 fully saturated rings. The fourth-order valence-electron chi connectivity index (χ4n) is 5.43. The number of nitrogens with zero attached hydrogens (tertiary/aromatic N) is 3. The van der Waals surface area contributed by atoms with Crippen LogP contribution in [0.15, 0.2) is 42.5 Å². The number of hydrogen-bond acceptors (Lipinski definition) is 5. The fraction of sp³-hybridized carbons (Fsp3) is 0.500. The van der Waals surface area contributed by atoms with Gasteiger partial charge in [-0.15, -0.1) is 6.42 Å². The molecule has 0 aliphatic carbocycles. The van der Waals surface area contributed by atoms with Crippen LogP contribution in [0.4, 0.5) is 0 Å². The Balaban J connectivity index is 1.44. The summed E-state index contributed by atoms with van der Waals surface area (Å²) in [5.41, 5.74) is 1.26. The number of rotatable bonds is 10. The van der Waals surface area contributed by atoms with E-state index in [0.29, 0.717) is 25.9 Å². The average molecular weight is 540 g/mol. The molecule has 2 aliphatic rings. The number of hydrogen-bond donors (Lipinski definition) is 2. The number of terminal acetylenes is 1. The number of fused-ring (bicyclic) bond motifs is 1. The SMILES string of the molecule is C#CCNC(=O)CNC(=O)CN(C1CCN(C(C)c2cccc3ccccc23)CC1)S(=O)(=O)N1CCCC1. The van der Waals surface area contributed by atoms with Crippen molar-refractivity contribution in [3.8, 4) is 12.3 Å². The van der Waals surface area contributed by atoms with E-state index in [-0.39, 0.29) is 31.7 Å². The van der Waals surface area contributed by atoms with Crippen molar-refractivity contribution in [3.05, 3.63) is 48.0 Å². The molecule has 1 atom stereocenters. The van der Waals surface area contributed by atoms with Crippen LogP contribution in [0.2, 0.25) is 0 Å². The number of piperidine rings is 1. The van der Waals surface area contributed by atoms with Gasteiger partial charge in [-0.25, -0.2) is 0 Å². The second-order valence-corrected chi connectivity index (χ2v) is 11.8. The second-order valence-electron chi connectivity index (χ2n) is 9.93. The molecule has 0 aromatic heterocycles. The molecule has 0 saturated carbocycles. The fourth-order valence-corrected chi connectivity index (χ4v) is 7.31. The molecular formula is C28H37N5O4S. The smallest absolute Gasteiger partial charge is 0.282 e. The molecule has 204 valence electrons. The quantitative estimate of drug-likeness (QED) is 0.449. The van der Waals surface area contributed by atoms with Crippen LogP contribution in [0.3, 0.4) is 0 Å². The summed E-state index contributed by atoms with van der Waals surface area (Å²) in [4.78, 5) is 27.0. The molecule has 0 radical (unpaired) electrons. The van der Waals surface area contributed by atoms with Gasteiger partial charge in [0.1, 0.15) is 0 Å². The minimum Gasteiger partial charge on any atom is -0.346 e. The number of likely N-dealkylation sites (tertiary alicyclic amines) is 1. The van der Waals surface area contributed by atoms with Crippen molar-refractivity contribution >= 4 is 32.8 Å². The van der Waals surface area contributed by atoms with Crippen LogP contribution in [0.25, 0.3) is 10.8 Å². The molecule has 10 heteroatoms. The van der Waals surface area contributed by atoms with Crippen LogP contribution in [0.5, 0.6) is 0 Å². The van der Waals surface area contributed by atoms with Crippen molar-refractivity contribution in [1.29, 1.82) is 0 Å². The van der Waals surface area contributed by atoms with Crippen LogP contribution >= 0.6 is 0 Å². The van der Waals surface area contributed by atoms with E-state index in [9.17, 15) is 18.0 Å². The van der Waals surface area contributed by atoms with Gasteiger partial charge in [-0.1, -0.05) is 48.4 Å². The van der Waals surface area contributed by atoms with Gasteiger partial charge in [0.05, 0.1) is 19.6 Å². The lowest BCUT2D eigenvalue weighted by molar-refractivity contribution is -0.126. The van der Waals surface area contributed by atoms with Crippen molar-refractivity contribution in [2.24, 2.45) is 0 Å². The first-order valence-electron chi connectivity index (χ1n) is 13.3. The molecule has 2 aromatic rings. The van der Waals surface area contributed by atoms with Crippen molar-refractivity contribution in [1.82, 2.24) is 24.1 Å². The van der Waals surface area contributed by atoms with Gasteiger partial charge in [-0.2, -0.15) is 17.0 Å². The second kappa shape index (κ2) is 12.7. The lowest BCUT2D eigenvalue weighted by Crippen LogP contribution is -2.55. The molecule has 0 spiro atoms. The molecule has 2 amide bonds. The zero-order valence-electron chi connectivity index (χ0n) is 21.9. The number of benzene rings is 2. The van der Waals surface area contributed by atoms with E-state index in [1.54, 1.807) is 0 Å². The van der Waals surface area contributed by atoms with E-state index in [0.717, 1.165) is 25.9 Å². The highest BCUT2D eigenvalue weighted by Gasteiger charge is 2.39. The molecule has 0 bridgehead atoms. The average Bonchev–Trinajstić information content (AvgIpc) is 3.49. The summed E-state index contributed by atoms with van der Waals surface area (Å²) < 4.78 is 30.0. The van der Waals surface area contributed by atoms with Gasteiger partial charge in [0, 0.05) is 38.3 Å². The molecule has 2 aliphatic heterocycles. The first-order valence-corrected chi connectivity index (χ1v) is 14.7. The van der Waals surface area contributed by atoms with Crippen molar-refractivity contribution < 1.29 is 18.0 Å². The zero-order valence-corrected chi connectivity index (χ0v) is 22.8. The van der Waals surface area contributed by atoms with E-state index in [4.69, 9.17) is 6.42 Å². The molecule has 38 heavy (non-hydrogen) atoms. The molecule has 2 aromatic carbocycles. The molecule has 2 heterocycles. The number of carbonyl (C=O) groups excluding carboxylic acids is 2. The van der Waals surface area contributed by atoms with Crippen molar-refractivity contribution in [2.75, 3.05) is 45.8 Å². The van der Waals surface area contributed by atoms with E-state index in [1.807, 2.05) is 6.07 Å². The molecular weight excluding hydrogens is 502 g/mol. The Bertz CT molecular complexity index is 1270. The maximum Gasteiger partial charge on any atom is 0.282 e. The third-order valence-corrected chi connectivity index (χ3v) is 9.59. The Labute approximate surface area is 225 Å². The minimum atomic E-state index is -3.81. The summed E-state index contributed by atoms with van der Waals surface area (Å²) in [5.74, 6) is 1.38. The number of nitrogens with one attached hydrogen (secondary N) is 2. The Morgan fingerprint density at radius 3 is 2.42 bits per heavy atom. The third kappa shape index (κ3) is 6.53. The van der Waals surface area contributed by atoms with Crippen molar-refractivity contribution in [2.45, 2.75) is 44.7 Å². The van der Waals surface area contributed by atoms with Crippen LogP contribution in [-0.4, -0.2) is 85.6 Å². The number of amides is 2. The summed E-state index contributed by atoms with van der Waals surface area (Å²) in [6, 6.07) is 14.6. The van der Waals surface area contributed by atoms with Gasteiger partial charge in [0.25, 0.3) is 10.2 Å². The highest BCUT2D eigenvalue weighted by Crippen LogP contribution is 2.32. The first kappa shape index (κ1) is 28.0. The van der Waals surface area contributed by atoms with Crippen LogP contribution in [-0.2, 0) is 19.8 Å². The number of carbonyl (C=O) groups is 2. The normalized spacial score (nSPS) is 18.3. The standard InChI is InChI=1S/C28H37N5O4S/c1-3-15-29-27(34)20-30-28(35)21-33(38(36,37)32-16-6-7-17-32)24-13-18-31(19-14-24)22(2)25-12-8-10-23-9-4-5-11-26(23)25/h1,4-5,8-12,22,24H,6-7,13-21H2,2H3,(H,29,34)(H,30,35). The van der Waals surface area contributed by atoms with Crippen LogP contribution in [0.1, 0.15) is 44.2 Å². The lowest BCUT2D eigenvalue weighted by atomic mass is 9.96. The molecule has 1 unspecified atom stereocenters. The summed E-state index contributed by atoms with van der Waals surface area (Å²) in [6.45, 7) is 4.07. The summed E-state index contributed by atoms with van der Waals surface area (Å²) in [6.07, 6.45) is 8.02. The van der Waals surface area contributed by atoms with Gasteiger partial charge in [0.15, 0.2) is 0 Å². The predicted octanol–water partition coefficient (Wildman–Crippen LogP) is 1.87. The van der Waals surface area contributed by atoms with E-state index in [2.05, 4.69) is 64.8 Å². The van der Waals surface area contributed by atoms with E-state index < -0.39 is 22.0 Å². The maximum absolute atomic E-state index is 13.6. The van der Waals surface area contributed by atoms with E-state index in [1.165, 1.54) is 24.9 Å². The van der Waals surface area contributed by atoms with Gasteiger partial charge < -0.3 is 10.6 Å². The maximum atomic E-state index is 13.6. The molecule has 2 saturated heterocycles. The van der Waals surface area contributed by atoms with Crippen molar-refractivity contribution in [3.63, 3.8) is 0 Å². The van der Waals surface area contributed by atoms with Gasteiger partial charge in [0.2, 0.25) is 11.8 Å². The Morgan fingerprint density at radius 2 is 1.71 bits per heavy atom.